The lowest BCUT2D eigenvalue weighted by molar-refractivity contribution is -0.113. The molecule has 0 fully saturated rings. The van der Waals surface area contributed by atoms with E-state index in [0.29, 0.717) is 23.3 Å². The van der Waals surface area contributed by atoms with E-state index in [2.05, 4.69) is 15.5 Å². The number of carbonyl (C=O) groups is 1. The molecule has 0 aliphatic heterocycles. The first-order valence-corrected chi connectivity index (χ1v) is 11.8. The Labute approximate surface area is 201 Å². The number of hydrogen-bond acceptors (Lipinski definition) is 6. The number of ether oxygens (including phenoxy) is 1. The van der Waals surface area contributed by atoms with Gasteiger partial charge in [-0.15, -0.1) is 10.2 Å². The predicted molar refractivity (Wildman–Crippen MR) is 133 cm³/mol. The van der Waals surface area contributed by atoms with E-state index >= 15 is 0 Å². The van der Waals surface area contributed by atoms with Crippen molar-refractivity contribution in [3.8, 4) is 22.8 Å². The van der Waals surface area contributed by atoms with Crippen molar-refractivity contribution in [3.63, 3.8) is 0 Å². The Morgan fingerprint density at radius 1 is 1.06 bits per heavy atom. The number of hydrogen-bond donors (Lipinski definition) is 1. The molecule has 4 aromatic rings. The smallest absolute Gasteiger partial charge is 0.295 e. The number of benzene rings is 2. The summed E-state index contributed by atoms with van der Waals surface area (Å²) in [6.07, 6.45) is 0. The van der Waals surface area contributed by atoms with Crippen molar-refractivity contribution >= 4 is 23.4 Å². The molecule has 176 valence electrons. The molecular weight excluding hydrogens is 452 g/mol. The minimum atomic E-state index is -0.296. The normalized spacial score (nSPS) is 10.9. The molecule has 9 nitrogen and oxygen atoms in total. The number of anilines is 1. The molecular formula is C24H26N6O3S. The predicted octanol–water partition coefficient (Wildman–Crippen LogP) is 3.41. The van der Waals surface area contributed by atoms with Gasteiger partial charge in [0.05, 0.1) is 29.3 Å². The molecule has 0 saturated carbocycles. The van der Waals surface area contributed by atoms with Gasteiger partial charge in [-0.1, -0.05) is 42.1 Å². The van der Waals surface area contributed by atoms with Gasteiger partial charge < -0.3 is 14.6 Å². The molecule has 0 radical (unpaired) electrons. The van der Waals surface area contributed by atoms with Crippen LogP contribution in [0.4, 0.5) is 5.69 Å². The van der Waals surface area contributed by atoms with Crippen molar-refractivity contribution in [2.24, 2.45) is 14.1 Å². The number of nitrogens with one attached hydrogen (secondary N) is 1. The molecule has 2 heterocycles. The number of amides is 1. The first-order valence-electron chi connectivity index (χ1n) is 10.8. The van der Waals surface area contributed by atoms with Gasteiger partial charge in [0, 0.05) is 14.1 Å². The Balaban J connectivity index is 1.49. The number of para-hydroxylation sites is 2. The van der Waals surface area contributed by atoms with Gasteiger partial charge in [-0.05, 0) is 38.1 Å². The molecule has 1 N–H and O–H groups in total. The van der Waals surface area contributed by atoms with Crippen molar-refractivity contribution in [1.82, 2.24) is 24.1 Å². The maximum absolute atomic E-state index is 13.0. The summed E-state index contributed by atoms with van der Waals surface area (Å²) in [4.78, 5) is 25.7. The second-order valence-corrected chi connectivity index (χ2v) is 8.51. The molecule has 0 bridgehead atoms. The molecule has 10 heteroatoms. The third-order valence-electron chi connectivity index (χ3n) is 5.41. The maximum atomic E-state index is 13.0. The molecule has 0 saturated heterocycles. The lowest BCUT2D eigenvalue weighted by Crippen LogP contribution is -2.23. The van der Waals surface area contributed by atoms with E-state index in [0.717, 1.165) is 17.0 Å². The highest BCUT2D eigenvalue weighted by Crippen LogP contribution is 2.30. The van der Waals surface area contributed by atoms with Crippen LogP contribution in [0, 0.1) is 6.92 Å². The van der Waals surface area contributed by atoms with Crippen LogP contribution in [0.15, 0.2) is 64.5 Å². The van der Waals surface area contributed by atoms with E-state index in [4.69, 9.17) is 4.74 Å². The standard InChI is InChI=1S/C24H26N6O3S/c1-5-33-19-14-10-9-13-18(19)22-26-27-24(28(22)3)34-15-20(31)25-21-16(2)29(4)30(23(21)32)17-11-7-6-8-12-17/h6-14H,5,15H2,1-4H3,(H,25,31). The number of nitrogens with zero attached hydrogens (tertiary/aromatic N) is 5. The molecule has 2 aromatic carbocycles. The van der Waals surface area contributed by atoms with Crippen LogP contribution in [0.25, 0.3) is 17.1 Å². The monoisotopic (exact) mass is 478 g/mol. The van der Waals surface area contributed by atoms with Gasteiger partial charge in [0.2, 0.25) is 5.91 Å². The van der Waals surface area contributed by atoms with Crippen LogP contribution in [0.3, 0.4) is 0 Å². The first kappa shape index (κ1) is 23.4. The minimum Gasteiger partial charge on any atom is -0.493 e. The Kier molecular flexibility index (Phi) is 6.87. The van der Waals surface area contributed by atoms with Crippen LogP contribution < -0.4 is 15.6 Å². The fourth-order valence-corrected chi connectivity index (χ4v) is 4.34. The Hall–Kier alpha value is -3.79. The average molecular weight is 479 g/mol. The van der Waals surface area contributed by atoms with Crippen LogP contribution in [0.5, 0.6) is 5.75 Å². The fraction of sp³-hybridized carbons (Fsp3) is 0.250. The molecule has 0 spiro atoms. The van der Waals surface area contributed by atoms with Gasteiger partial charge >= 0.3 is 0 Å². The average Bonchev–Trinajstić information content (AvgIpc) is 3.30. The maximum Gasteiger partial charge on any atom is 0.295 e. The number of rotatable bonds is 8. The second kappa shape index (κ2) is 10.0. The van der Waals surface area contributed by atoms with Crippen LogP contribution in [0.2, 0.25) is 0 Å². The molecule has 2 aromatic heterocycles. The number of aromatic nitrogens is 5. The zero-order valence-corrected chi connectivity index (χ0v) is 20.3. The van der Waals surface area contributed by atoms with Gasteiger partial charge in [0.15, 0.2) is 11.0 Å². The van der Waals surface area contributed by atoms with Gasteiger partial charge in [0.25, 0.3) is 5.56 Å². The molecule has 0 atom stereocenters. The summed E-state index contributed by atoms with van der Waals surface area (Å²) in [6, 6.07) is 16.9. The highest BCUT2D eigenvalue weighted by Gasteiger charge is 2.20. The SMILES string of the molecule is CCOc1ccccc1-c1nnc(SCC(=O)Nc2c(C)n(C)n(-c3ccccc3)c2=O)n1C. The third-order valence-corrected chi connectivity index (χ3v) is 6.43. The van der Waals surface area contributed by atoms with E-state index in [-0.39, 0.29) is 22.9 Å². The van der Waals surface area contributed by atoms with E-state index < -0.39 is 0 Å². The van der Waals surface area contributed by atoms with Gasteiger partial charge in [-0.25, -0.2) is 4.68 Å². The van der Waals surface area contributed by atoms with E-state index in [9.17, 15) is 9.59 Å². The molecule has 34 heavy (non-hydrogen) atoms. The Morgan fingerprint density at radius 2 is 1.76 bits per heavy atom. The van der Waals surface area contributed by atoms with Gasteiger partial charge in [-0.2, -0.15) is 0 Å². The highest BCUT2D eigenvalue weighted by atomic mass is 32.2. The highest BCUT2D eigenvalue weighted by molar-refractivity contribution is 7.99. The zero-order valence-electron chi connectivity index (χ0n) is 19.5. The quantitative estimate of drug-likeness (QED) is 0.390. The summed E-state index contributed by atoms with van der Waals surface area (Å²) >= 11 is 1.25. The Morgan fingerprint density at radius 3 is 2.50 bits per heavy atom. The first-order chi connectivity index (χ1) is 16.4. The summed E-state index contributed by atoms with van der Waals surface area (Å²) in [6.45, 7) is 4.27. The summed E-state index contributed by atoms with van der Waals surface area (Å²) in [7, 11) is 3.63. The van der Waals surface area contributed by atoms with Crippen molar-refractivity contribution in [2.75, 3.05) is 17.7 Å². The molecule has 1 amide bonds. The summed E-state index contributed by atoms with van der Waals surface area (Å²) in [5.41, 5.74) is 2.21. The van der Waals surface area contributed by atoms with Crippen LogP contribution in [0.1, 0.15) is 12.6 Å². The largest absolute Gasteiger partial charge is 0.493 e. The second-order valence-electron chi connectivity index (χ2n) is 7.57. The molecule has 0 unspecified atom stereocenters. The summed E-state index contributed by atoms with van der Waals surface area (Å²) in [5.74, 6) is 1.16. The summed E-state index contributed by atoms with van der Waals surface area (Å²) in [5, 5.41) is 11.9. The molecule has 0 aliphatic carbocycles. The van der Waals surface area contributed by atoms with E-state index in [1.165, 1.54) is 16.4 Å². The van der Waals surface area contributed by atoms with Crippen molar-refractivity contribution in [2.45, 2.75) is 19.0 Å². The molecule has 4 rings (SSSR count). The fourth-order valence-electron chi connectivity index (χ4n) is 3.63. The summed E-state index contributed by atoms with van der Waals surface area (Å²) < 4.78 is 10.8. The third kappa shape index (κ3) is 4.49. The minimum absolute atomic E-state index is 0.0815. The zero-order chi connectivity index (χ0) is 24.2. The van der Waals surface area contributed by atoms with Crippen molar-refractivity contribution in [1.29, 1.82) is 0 Å². The number of thioether (sulfide) groups is 1. The van der Waals surface area contributed by atoms with Gasteiger partial charge in [-0.3, -0.25) is 14.3 Å². The van der Waals surface area contributed by atoms with E-state index in [1.807, 2.05) is 73.1 Å². The van der Waals surface area contributed by atoms with Gasteiger partial charge in [0.1, 0.15) is 11.4 Å². The molecule has 0 aliphatic rings. The number of carbonyl (C=O) groups excluding carboxylic acids is 1. The van der Waals surface area contributed by atoms with Crippen molar-refractivity contribution in [3.05, 3.63) is 70.6 Å². The Bertz CT molecular complexity index is 1370. The van der Waals surface area contributed by atoms with Crippen LogP contribution >= 0.6 is 11.8 Å². The van der Waals surface area contributed by atoms with Crippen LogP contribution in [-0.4, -0.2) is 42.4 Å². The van der Waals surface area contributed by atoms with Crippen molar-refractivity contribution < 1.29 is 9.53 Å². The lowest BCUT2D eigenvalue weighted by Gasteiger charge is -2.09. The lowest BCUT2D eigenvalue weighted by atomic mass is 10.2. The topological polar surface area (TPSA) is 96.0 Å². The van der Waals surface area contributed by atoms with E-state index in [1.54, 1.807) is 18.7 Å². The van der Waals surface area contributed by atoms with Crippen LogP contribution in [-0.2, 0) is 18.9 Å².